The number of hydrogen-bond donors (Lipinski definition) is 1. The molecule has 3 amide bonds. The summed E-state index contributed by atoms with van der Waals surface area (Å²) in [5.74, 6) is -1.27. The number of carbonyl (C=O) groups excluding carboxylic acids is 3. The molecule has 1 atom stereocenters. The average molecular weight is 308 g/mol. The number of benzene rings is 2. The van der Waals surface area contributed by atoms with E-state index in [4.69, 9.17) is 0 Å². The number of amides is 3. The number of anilines is 1. The summed E-state index contributed by atoms with van der Waals surface area (Å²) >= 11 is 0. The summed E-state index contributed by atoms with van der Waals surface area (Å²) in [4.78, 5) is 38.1. The van der Waals surface area contributed by atoms with E-state index >= 15 is 0 Å². The normalized spacial score (nSPS) is 14.6. The van der Waals surface area contributed by atoms with E-state index in [0.717, 1.165) is 10.5 Å². The molecular weight excluding hydrogens is 292 g/mol. The predicted octanol–water partition coefficient (Wildman–Crippen LogP) is 2.62. The highest BCUT2D eigenvalue weighted by molar-refractivity contribution is 6.23. The molecule has 0 aliphatic carbocycles. The summed E-state index contributed by atoms with van der Waals surface area (Å²) in [7, 11) is 0. The van der Waals surface area contributed by atoms with Gasteiger partial charge < -0.3 is 5.32 Å². The van der Waals surface area contributed by atoms with Crippen molar-refractivity contribution in [2.75, 3.05) is 5.32 Å². The lowest BCUT2D eigenvalue weighted by molar-refractivity contribution is -0.119. The molecule has 0 bridgehead atoms. The van der Waals surface area contributed by atoms with E-state index in [-0.39, 0.29) is 0 Å². The summed E-state index contributed by atoms with van der Waals surface area (Å²) < 4.78 is 0. The number of imide groups is 1. The molecule has 2 aromatic carbocycles. The molecule has 0 spiro atoms. The van der Waals surface area contributed by atoms with Crippen molar-refractivity contribution in [1.82, 2.24) is 4.90 Å². The minimum absolute atomic E-state index is 0.340. The van der Waals surface area contributed by atoms with E-state index in [9.17, 15) is 14.4 Å². The topological polar surface area (TPSA) is 66.5 Å². The Hall–Kier alpha value is -2.95. The average Bonchev–Trinajstić information content (AvgIpc) is 2.81. The van der Waals surface area contributed by atoms with Crippen LogP contribution in [0.2, 0.25) is 0 Å². The molecule has 1 aliphatic rings. The van der Waals surface area contributed by atoms with E-state index in [1.807, 2.05) is 19.1 Å². The van der Waals surface area contributed by atoms with Gasteiger partial charge in [0.2, 0.25) is 5.91 Å². The Labute approximate surface area is 133 Å². The number of fused-ring (bicyclic) bond motifs is 1. The first-order chi connectivity index (χ1) is 11.0. The van der Waals surface area contributed by atoms with Gasteiger partial charge in [-0.2, -0.15) is 0 Å². The summed E-state index contributed by atoms with van der Waals surface area (Å²) in [5, 5.41) is 2.73. The Morgan fingerprint density at radius 3 is 2.00 bits per heavy atom. The highest BCUT2D eigenvalue weighted by Gasteiger charge is 2.40. The standard InChI is InChI=1S/C18H16N2O3/c1-11-7-9-13(10-8-11)19-16(21)12(2)20-17(22)14-5-3-4-6-15(14)18(20)23/h3-10,12H,1-2H3,(H,19,21)/t12-/m1/s1. The molecule has 0 radical (unpaired) electrons. The maximum Gasteiger partial charge on any atom is 0.262 e. The summed E-state index contributed by atoms with van der Waals surface area (Å²) in [6.45, 7) is 3.50. The fraction of sp³-hybridized carbons (Fsp3) is 0.167. The predicted molar refractivity (Wildman–Crippen MR) is 86.2 cm³/mol. The minimum atomic E-state index is -0.885. The van der Waals surface area contributed by atoms with Crippen LogP contribution < -0.4 is 5.32 Å². The lowest BCUT2D eigenvalue weighted by atomic mass is 10.1. The van der Waals surface area contributed by atoms with Gasteiger partial charge in [-0.3, -0.25) is 19.3 Å². The second kappa shape index (κ2) is 5.68. The number of nitrogens with zero attached hydrogens (tertiary/aromatic N) is 1. The maximum absolute atomic E-state index is 12.4. The van der Waals surface area contributed by atoms with Gasteiger partial charge in [-0.05, 0) is 38.1 Å². The fourth-order valence-electron chi connectivity index (χ4n) is 2.56. The van der Waals surface area contributed by atoms with Crippen molar-refractivity contribution < 1.29 is 14.4 Å². The van der Waals surface area contributed by atoms with Gasteiger partial charge in [-0.25, -0.2) is 0 Å². The van der Waals surface area contributed by atoms with Crippen molar-refractivity contribution in [2.24, 2.45) is 0 Å². The van der Waals surface area contributed by atoms with Crippen LogP contribution in [-0.4, -0.2) is 28.7 Å². The molecule has 2 aromatic rings. The number of aryl methyl sites for hydroxylation is 1. The van der Waals surface area contributed by atoms with Crippen molar-refractivity contribution in [2.45, 2.75) is 19.9 Å². The quantitative estimate of drug-likeness (QED) is 0.886. The van der Waals surface area contributed by atoms with Crippen LogP contribution in [0.1, 0.15) is 33.2 Å². The van der Waals surface area contributed by atoms with Crippen LogP contribution in [0.3, 0.4) is 0 Å². The molecule has 0 saturated carbocycles. The third-order valence-corrected chi connectivity index (χ3v) is 3.91. The van der Waals surface area contributed by atoms with Gasteiger partial charge in [0.15, 0.2) is 0 Å². The van der Waals surface area contributed by atoms with Gasteiger partial charge in [0, 0.05) is 5.69 Å². The first-order valence-corrected chi connectivity index (χ1v) is 7.33. The van der Waals surface area contributed by atoms with Crippen LogP contribution in [0.15, 0.2) is 48.5 Å². The lowest BCUT2D eigenvalue weighted by Gasteiger charge is -2.21. The van der Waals surface area contributed by atoms with Crippen molar-refractivity contribution in [3.63, 3.8) is 0 Å². The van der Waals surface area contributed by atoms with E-state index < -0.39 is 23.8 Å². The summed E-state index contributed by atoms with van der Waals surface area (Å²) in [6, 6.07) is 13.0. The van der Waals surface area contributed by atoms with Crippen LogP contribution >= 0.6 is 0 Å². The van der Waals surface area contributed by atoms with E-state index in [2.05, 4.69) is 5.32 Å². The zero-order chi connectivity index (χ0) is 16.6. The Bertz CT molecular complexity index is 761. The zero-order valence-corrected chi connectivity index (χ0v) is 12.9. The van der Waals surface area contributed by atoms with Crippen LogP contribution in [0.25, 0.3) is 0 Å². The summed E-state index contributed by atoms with van der Waals surface area (Å²) in [6.07, 6.45) is 0. The van der Waals surface area contributed by atoms with E-state index in [1.165, 1.54) is 0 Å². The van der Waals surface area contributed by atoms with Crippen LogP contribution in [0, 0.1) is 6.92 Å². The maximum atomic E-state index is 12.4. The lowest BCUT2D eigenvalue weighted by Crippen LogP contribution is -2.45. The molecule has 0 fully saturated rings. The van der Waals surface area contributed by atoms with Crippen LogP contribution in [-0.2, 0) is 4.79 Å². The zero-order valence-electron chi connectivity index (χ0n) is 12.9. The minimum Gasteiger partial charge on any atom is -0.324 e. The monoisotopic (exact) mass is 308 g/mol. The number of rotatable bonds is 3. The van der Waals surface area contributed by atoms with Crippen molar-refractivity contribution in [3.8, 4) is 0 Å². The fourth-order valence-corrected chi connectivity index (χ4v) is 2.56. The van der Waals surface area contributed by atoms with Gasteiger partial charge in [-0.1, -0.05) is 29.8 Å². The van der Waals surface area contributed by atoms with Gasteiger partial charge in [0.05, 0.1) is 11.1 Å². The Balaban J connectivity index is 1.79. The van der Waals surface area contributed by atoms with Gasteiger partial charge in [-0.15, -0.1) is 0 Å². The highest BCUT2D eigenvalue weighted by atomic mass is 16.2. The van der Waals surface area contributed by atoms with Crippen molar-refractivity contribution >= 4 is 23.4 Å². The van der Waals surface area contributed by atoms with Crippen LogP contribution in [0.5, 0.6) is 0 Å². The molecule has 5 nitrogen and oxygen atoms in total. The van der Waals surface area contributed by atoms with E-state index in [0.29, 0.717) is 16.8 Å². The Morgan fingerprint density at radius 1 is 0.957 bits per heavy atom. The molecule has 0 aromatic heterocycles. The second-order valence-corrected chi connectivity index (χ2v) is 5.56. The molecule has 23 heavy (non-hydrogen) atoms. The highest BCUT2D eigenvalue weighted by Crippen LogP contribution is 2.24. The molecule has 0 unspecified atom stereocenters. The summed E-state index contributed by atoms with van der Waals surface area (Å²) in [5.41, 5.74) is 2.39. The molecule has 1 aliphatic heterocycles. The third-order valence-electron chi connectivity index (χ3n) is 3.91. The molecule has 116 valence electrons. The molecule has 1 heterocycles. The second-order valence-electron chi connectivity index (χ2n) is 5.56. The van der Waals surface area contributed by atoms with Crippen molar-refractivity contribution in [1.29, 1.82) is 0 Å². The smallest absolute Gasteiger partial charge is 0.262 e. The Morgan fingerprint density at radius 2 is 1.48 bits per heavy atom. The van der Waals surface area contributed by atoms with Crippen molar-refractivity contribution in [3.05, 3.63) is 65.2 Å². The first kappa shape index (κ1) is 15.0. The van der Waals surface area contributed by atoms with Gasteiger partial charge >= 0.3 is 0 Å². The molecule has 1 N–H and O–H groups in total. The Kier molecular flexibility index (Phi) is 3.70. The molecular formula is C18H16N2O3. The third kappa shape index (κ3) is 2.61. The van der Waals surface area contributed by atoms with E-state index in [1.54, 1.807) is 43.3 Å². The number of hydrogen-bond acceptors (Lipinski definition) is 3. The van der Waals surface area contributed by atoms with Gasteiger partial charge in [0.25, 0.3) is 11.8 Å². The number of nitrogens with one attached hydrogen (secondary N) is 1. The molecule has 5 heteroatoms. The van der Waals surface area contributed by atoms with Gasteiger partial charge in [0.1, 0.15) is 6.04 Å². The largest absolute Gasteiger partial charge is 0.324 e. The molecule has 0 saturated heterocycles. The van der Waals surface area contributed by atoms with Crippen LogP contribution in [0.4, 0.5) is 5.69 Å². The SMILES string of the molecule is Cc1ccc(NC(=O)[C@@H](C)N2C(=O)c3ccccc3C2=O)cc1. The first-order valence-electron chi connectivity index (χ1n) is 7.33. The molecule has 3 rings (SSSR count). The number of carbonyl (C=O) groups is 3.